The maximum atomic E-state index is 9.97. The summed E-state index contributed by atoms with van der Waals surface area (Å²) in [6, 6.07) is 5.37. The van der Waals surface area contributed by atoms with E-state index in [1.807, 2.05) is 18.2 Å². The molecular formula is C11H10BrClO2. The summed E-state index contributed by atoms with van der Waals surface area (Å²) in [4.78, 5) is 0. The summed E-state index contributed by atoms with van der Waals surface area (Å²) in [6.07, 6.45) is 2.05. The maximum absolute atomic E-state index is 9.97. The number of halogens is 2. The molecule has 15 heavy (non-hydrogen) atoms. The van der Waals surface area contributed by atoms with E-state index in [1.54, 1.807) is 6.07 Å². The molecule has 2 nitrogen and oxygen atoms in total. The number of rotatable bonds is 2. The highest BCUT2D eigenvalue weighted by Crippen LogP contribution is 2.30. The lowest BCUT2D eigenvalue weighted by molar-refractivity contribution is 0.119. The normalized spacial score (nSPS) is 17.1. The Labute approximate surface area is 102 Å². The number of ether oxygens (including phenoxy) is 1. The average molecular weight is 290 g/mol. The zero-order valence-electron chi connectivity index (χ0n) is 7.91. The van der Waals surface area contributed by atoms with Crippen LogP contribution < -0.4 is 0 Å². The van der Waals surface area contributed by atoms with Gasteiger partial charge in [0.25, 0.3) is 0 Å². The SMILES string of the molecule is OC(C1=CCCO1)c1ccc(Br)c(Cl)c1. The van der Waals surface area contributed by atoms with E-state index in [0.29, 0.717) is 17.4 Å². The van der Waals surface area contributed by atoms with Crippen molar-refractivity contribution in [2.75, 3.05) is 6.61 Å². The first kappa shape index (κ1) is 11.0. The highest BCUT2D eigenvalue weighted by molar-refractivity contribution is 9.10. The molecule has 0 aliphatic carbocycles. The molecule has 80 valence electrons. The third kappa shape index (κ3) is 2.36. The predicted octanol–water partition coefficient (Wildman–Crippen LogP) is 3.44. The lowest BCUT2D eigenvalue weighted by Gasteiger charge is -2.13. The molecule has 1 heterocycles. The molecule has 0 amide bonds. The molecule has 0 bridgehead atoms. The second-order valence-electron chi connectivity index (χ2n) is 3.32. The minimum absolute atomic E-state index is 0.588. The van der Waals surface area contributed by atoms with Crippen LogP contribution in [0.15, 0.2) is 34.5 Å². The van der Waals surface area contributed by atoms with Gasteiger partial charge >= 0.3 is 0 Å². The molecule has 0 aromatic heterocycles. The fourth-order valence-electron chi connectivity index (χ4n) is 1.47. The Morgan fingerprint density at radius 1 is 1.47 bits per heavy atom. The summed E-state index contributed by atoms with van der Waals surface area (Å²) in [5, 5.41) is 10.6. The van der Waals surface area contributed by atoms with Crippen LogP contribution in [0.1, 0.15) is 18.1 Å². The van der Waals surface area contributed by atoms with Crippen molar-refractivity contribution in [1.82, 2.24) is 0 Å². The summed E-state index contributed by atoms with van der Waals surface area (Å²) < 4.78 is 6.12. The van der Waals surface area contributed by atoms with Gasteiger partial charge in [-0.25, -0.2) is 0 Å². The molecule has 1 aromatic carbocycles. The fraction of sp³-hybridized carbons (Fsp3) is 0.273. The molecule has 1 unspecified atom stereocenters. The number of aliphatic hydroxyl groups excluding tert-OH is 1. The van der Waals surface area contributed by atoms with E-state index in [4.69, 9.17) is 16.3 Å². The third-order valence-corrected chi connectivity index (χ3v) is 3.49. The molecule has 0 saturated carbocycles. The molecular weight excluding hydrogens is 279 g/mol. The van der Waals surface area contributed by atoms with E-state index < -0.39 is 6.10 Å². The highest BCUT2D eigenvalue weighted by atomic mass is 79.9. The molecule has 2 rings (SSSR count). The van der Waals surface area contributed by atoms with Crippen LogP contribution in [0, 0.1) is 0 Å². The lowest BCUT2D eigenvalue weighted by atomic mass is 10.1. The Bertz CT molecular complexity index is 404. The minimum Gasteiger partial charge on any atom is -0.495 e. The molecule has 0 fully saturated rings. The average Bonchev–Trinajstić information content (AvgIpc) is 2.74. The molecule has 0 radical (unpaired) electrons. The van der Waals surface area contributed by atoms with E-state index in [0.717, 1.165) is 16.5 Å². The minimum atomic E-state index is -0.710. The molecule has 1 N–H and O–H groups in total. The molecule has 1 atom stereocenters. The second kappa shape index (κ2) is 4.56. The Morgan fingerprint density at radius 2 is 2.27 bits per heavy atom. The number of aliphatic hydroxyl groups is 1. The summed E-state index contributed by atoms with van der Waals surface area (Å²) in [5.74, 6) is 0.619. The van der Waals surface area contributed by atoms with Gasteiger partial charge in [0.1, 0.15) is 11.9 Å². The molecule has 1 aromatic rings. The van der Waals surface area contributed by atoms with Crippen molar-refractivity contribution in [2.24, 2.45) is 0 Å². The quantitative estimate of drug-likeness (QED) is 0.904. The summed E-state index contributed by atoms with van der Waals surface area (Å²) >= 11 is 9.25. The zero-order chi connectivity index (χ0) is 10.8. The first-order valence-corrected chi connectivity index (χ1v) is 5.81. The highest BCUT2D eigenvalue weighted by Gasteiger charge is 2.18. The Balaban J connectivity index is 2.25. The van der Waals surface area contributed by atoms with Crippen molar-refractivity contribution in [2.45, 2.75) is 12.5 Å². The molecule has 1 aliphatic rings. The van der Waals surface area contributed by atoms with Crippen LogP contribution in [0.5, 0.6) is 0 Å². The van der Waals surface area contributed by atoms with Crippen molar-refractivity contribution < 1.29 is 9.84 Å². The second-order valence-corrected chi connectivity index (χ2v) is 4.58. The van der Waals surface area contributed by atoms with Gasteiger partial charge in [-0.05, 0) is 39.7 Å². The monoisotopic (exact) mass is 288 g/mol. The van der Waals surface area contributed by atoms with Gasteiger partial charge in [0.05, 0.1) is 11.6 Å². The van der Waals surface area contributed by atoms with Gasteiger partial charge in [-0.2, -0.15) is 0 Å². The van der Waals surface area contributed by atoms with Gasteiger partial charge in [-0.3, -0.25) is 0 Å². The summed E-state index contributed by atoms with van der Waals surface area (Å²) in [6.45, 7) is 0.649. The van der Waals surface area contributed by atoms with Crippen molar-refractivity contribution >= 4 is 27.5 Å². The standard InChI is InChI=1S/C11H10BrClO2/c12-8-4-3-7(6-9(8)13)11(14)10-2-1-5-15-10/h2-4,6,11,14H,1,5H2. The van der Waals surface area contributed by atoms with Gasteiger partial charge in [0, 0.05) is 10.9 Å². The van der Waals surface area contributed by atoms with Crippen LogP contribution >= 0.6 is 27.5 Å². The van der Waals surface area contributed by atoms with E-state index >= 15 is 0 Å². The smallest absolute Gasteiger partial charge is 0.136 e. The van der Waals surface area contributed by atoms with E-state index in [1.165, 1.54) is 0 Å². The van der Waals surface area contributed by atoms with Crippen LogP contribution in [-0.4, -0.2) is 11.7 Å². The van der Waals surface area contributed by atoms with Crippen LogP contribution in [-0.2, 0) is 4.74 Å². The van der Waals surface area contributed by atoms with Crippen LogP contribution in [0.2, 0.25) is 5.02 Å². The number of benzene rings is 1. The lowest BCUT2D eigenvalue weighted by Crippen LogP contribution is -2.02. The van der Waals surface area contributed by atoms with E-state index in [2.05, 4.69) is 15.9 Å². The summed E-state index contributed by atoms with van der Waals surface area (Å²) in [7, 11) is 0. The van der Waals surface area contributed by atoms with Gasteiger partial charge in [0.2, 0.25) is 0 Å². The van der Waals surface area contributed by atoms with Gasteiger partial charge in [-0.15, -0.1) is 0 Å². The van der Waals surface area contributed by atoms with Crippen LogP contribution in [0.4, 0.5) is 0 Å². The summed E-state index contributed by atoms with van der Waals surface area (Å²) in [5.41, 5.74) is 0.747. The van der Waals surface area contributed by atoms with E-state index in [-0.39, 0.29) is 0 Å². The first-order chi connectivity index (χ1) is 7.18. The Kier molecular flexibility index (Phi) is 3.34. The predicted molar refractivity (Wildman–Crippen MR) is 62.8 cm³/mol. The Morgan fingerprint density at radius 3 is 2.87 bits per heavy atom. The van der Waals surface area contributed by atoms with Crippen molar-refractivity contribution in [3.8, 4) is 0 Å². The third-order valence-electron chi connectivity index (χ3n) is 2.26. The Hall–Kier alpha value is -0.510. The molecule has 0 saturated heterocycles. The molecule has 1 aliphatic heterocycles. The van der Waals surface area contributed by atoms with E-state index in [9.17, 15) is 5.11 Å². The van der Waals surface area contributed by atoms with Crippen molar-refractivity contribution in [3.05, 3.63) is 45.1 Å². The topological polar surface area (TPSA) is 29.5 Å². The number of hydrogen-bond donors (Lipinski definition) is 1. The fourth-order valence-corrected chi connectivity index (χ4v) is 1.91. The molecule has 0 spiro atoms. The van der Waals surface area contributed by atoms with Gasteiger partial charge in [-0.1, -0.05) is 17.7 Å². The van der Waals surface area contributed by atoms with Gasteiger partial charge < -0.3 is 9.84 Å². The van der Waals surface area contributed by atoms with Crippen LogP contribution in [0.3, 0.4) is 0 Å². The number of hydrogen-bond acceptors (Lipinski definition) is 2. The zero-order valence-corrected chi connectivity index (χ0v) is 10.3. The van der Waals surface area contributed by atoms with Crippen LogP contribution in [0.25, 0.3) is 0 Å². The molecule has 4 heteroatoms. The van der Waals surface area contributed by atoms with Crippen molar-refractivity contribution in [1.29, 1.82) is 0 Å². The first-order valence-electron chi connectivity index (χ1n) is 4.64. The maximum Gasteiger partial charge on any atom is 0.136 e. The van der Waals surface area contributed by atoms with Crippen molar-refractivity contribution in [3.63, 3.8) is 0 Å². The largest absolute Gasteiger partial charge is 0.495 e. The van der Waals surface area contributed by atoms with Gasteiger partial charge in [0.15, 0.2) is 0 Å².